The molecule has 0 aromatic heterocycles. The molecule has 1 atom stereocenters. The maximum atomic E-state index is 12.3. The first-order valence-electron chi connectivity index (χ1n) is 8.06. The highest BCUT2D eigenvalue weighted by atomic mass is 32.2. The van der Waals surface area contributed by atoms with Gasteiger partial charge in [-0.2, -0.15) is 0 Å². The standard InChI is InChI=1S/C17H28N2O2S/c1-17(2,3)14-5-7-16(8-6-14)22(20,21)12-4-10-19-15-9-11-18-13-15/h5-8,15,18-19H,4,9-13H2,1-3H3. The van der Waals surface area contributed by atoms with Crippen LogP contribution in [0, 0.1) is 0 Å². The van der Waals surface area contributed by atoms with Crippen molar-refractivity contribution in [1.82, 2.24) is 10.6 Å². The van der Waals surface area contributed by atoms with Crippen LogP contribution < -0.4 is 10.6 Å². The fraction of sp³-hybridized carbons (Fsp3) is 0.647. The lowest BCUT2D eigenvalue weighted by molar-refractivity contribution is 0.540. The van der Waals surface area contributed by atoms with Crippen LogP contribution in [0.5, 0.6) is 0 Å². The average Bonchev–Trinajstić information content (AvgIpc) is 2.96. The van der Waals surface area contributed by atoms with Gasteiger partial charge in [-0.25, -0.2) is 8.42 Å². The predicted molar refractivity (Wildman–Crippen MR) is 91.1 cm³/mol. The topological polar surface area (TPSA) is 58.2 Å². The third kappa shape index (κ3) is 4.80. The molecular weight excluding hydrogens is 296 g/mol. The molecule has 1 aliphatic heterocycles. The number of nitrogens with one attached hydrogen (secondary N) is 2. The maximum Gasteiger partial charge on any atom is 0.178 e. The Hall–Kier alpha value is -0.910. The fourth-order valence-electron chi connectivity index (χ4n) is 2.68. The smallest absolute Gasteiger partial charge is 0.178 e. The van der Waals surface area contributed by atoms with Gasteiger partial charge in [-0.1, -0.05) is 32.9 Å². The molecule has 0 radical (unpaired) electrons. The van der Waals surface area contributed by atoms with Crippen molar-refractivity contribution in [3.8, 4) is 0 Å². The van der Waals surface area contributed by atoms with Gasteiger partial charge in [0, 0.05) is 12.6 Å². The Labute approximate surface area is 134 Å². The minimum atomic E-state index is -3.17. The number of hydrogen-bond acceptors (Lipinski definition) is 4. The zero-order valence-electron chi connectivity index (χ0n) is 13.9. The molecule has 0 aliphatic carbocycles. The van der Waals surface area contributed by atoms with Crippen LogP contribution >= 0.6 is 0 Å². The van der Waals surface area contributed by atoms with Crippen LogP contribution in [-0.2, 0) is 15.3 Å². The minimum absolute atomic E-state index is 0.0432. The van der Waals surface area contributed by atoms with E-state index >= 15 is 0 Å². The number of benzene rings is 1. The Kier molecular flexibility index (Phi) is 5.64. The summed E-state index contributed by atoms with van der Waals surface area (Å²) in [6.45, 7) is 9.17. The van der Waals surface area contributed by atoms with Crippen LogP contribution in [-0.4, -0.2) is 39.8 Å². The summed E-state index contributed by atoms with van der Waals surface area (Å²) in [6.07, 6.45) is 1.78. The Bertz CT molecular complexity index is 568. The van der Waals surface area contributed by atoms with Gasteiger partial charge < -0.3 is 10.6 Å². The van der Waals surface area contributed by atoms with Gasteiger partial charge in [-0.05, 0) is 49.0 Å². The van der Waals surface area contributed by atoms with E-state index in [0.717, 1.165) is 31.6 Å². The van der Waals surface area contributed by atoms with Crippen molar-refractivity contribution in [2.24, 2.45) is 0 Å². The summed E-state index contributed by atoms with van der Waals surface area (Å²) in [7, 11) is -3.17. The zero-order valence-corrected chi connectivity index (χ0v) is 14.7. The first-order valence-corrected chi connectivity index (χ1v) is 9.72. The van der Waals surface area contributed by atoms with Crippen molar-refractivity contribution < 1.29 is 8.42 Å². The highest BCUT2D eigenvalue weighted by molar-refractivity contribution is 7.91. The molecule has 0 amide bonds. The van der Waals surface area contributed by atoms with Crippen molar-refractivity contribution in [1.29, 1.82) is 0 Å². The first-order chi connectivity index (χ1) is 10.3. The van der Waals surface area contributed by atoms with Crippen molar-refractivity contribution in [3.63, 3.8) is 0 Å². The van der Waals surface area contributed by atoms with E-state index in [2.05, 4.69) is 31.4 Å². The Morgan fingerprint density at radius 3 is 2.45 bits per heavy atom. The maximum absolute atomic E-state index is 12.3. The third-order valence-electron chi connectivity index (χ3n) is 4.16. The summed E-state index contributed by atoms with van der Waals surface area (Å²) in [5.41, 5.74) is 1.20. The van der Waals surface area contributed by atoms with Gasteiger partial charge in [0.2, 0.25) is 0 Å². The Morgan fingerprint density at radius 2 is 1.91 bits per heavy atom. The van der Waals surface area contributed by atoms with E-state index in [0.29, 0.717) is 17.4 Å². The van der Waals surface area contributed by atoms with Crippen LogP contribution in [0.15, 0.2) is 29.2 Å². The molecule has 2 N–H and O–H groups in total. The van der Waals surface area contributed by atoms with E-state index in [-0.39, 0.29) is 11.2 Å². The first kappa shape index (κ1) is 17.4. The number of sulfone groups is 1. The van der Waals surface area contributed by atoms with E-state index in [1.807, 2.05) is 12.1 Å². The van der Waals surface area contributed by atoms with Gasteiger partial charge >= 0.3 is 0 Å². The average molecular weight is 324 g/mol. The second-order valence-corrected chi connectivity index (χ2v) is 9.20. The molecule has 1 aromatic rings. The van der Waals surface area contributed by atoms with E-state index < -0.39 is 9.84 Å². The Balaban J connectivity index is 1.86. The van der Waals surface area contributed by atoms with E-state index in [4.69, 9.17) is 0 Å². The summed E-state index contributed by atoms with van der Waals surface area (Å²) in [5, 5.41) is 6.70. The summed E-state index contributed by atoms with van der Waals surface area (Å²) < 4.78 is 24.7. The van der Waals surface area contributed by atoms with Gasteiger partial charge in [0.1, 0.15) is 0 Å². The van der Waals surface area contributed by atoms with E-state index in [9.17, 15) is 8.42 Å². The molecule has 1 unspecified atom stereocenters. The fourth-order valence-corrected chi connectivity index (χ4v) is 3.99. The zero-order chi connectivity index (χ0) is 16.2. The van der Waals surface area contributed by atoms with Gasteiger partial charge in [-0.15, -0.1) is 0 Å². The SMILES string of the molecule is CC(C)(C)c1ccc(S(=O)(=O)CCCNC2CCNC2)cc1. The number of rotatable bonds is 6. The summed E-state index contributed by atoms with van der Waals surface area (Å²) in [4.78, 5) is 0.433. The third-order valence-corrected chi connectivity index (χ3v) is 5.98. The second kappa shape index (κ2) is 7.11. The molecule has 0 bridgehead atoms. The molecule has 5 heteroatoms. The van der Waals surface area contributed by atoms with Crippen LogP contribution in [0.3, 0.4) is 0 Å². The van der Waals surface area contributed by atoms with Crippen molar-refractivity contribution in [2.45, 2.75) is 50.0 Å². The minimum Gasteiger partial charge on any atom is -0.315 e. The van der Waals surface area contributed by atoms with Crippen LogP contribution in [0.2, 0.25) is 0 Å². The van der Waals surface area contributed by atoms with E-state index in [1.165, 1.54) is 0 Å². The molecule has 0 saturated carbocycles. The normalized spacial score (nSPS) is 19.5. The van der Waals surface area contributed by atoms with Gasteiger partial charge in [0.15, 0.2) is 9.84 Å². The molecule has 124 valence electrons. The molecule has 1 fully saturated rings. The number of hydrogen-bond donors (Lipinski definition) is 2. The van der Waals surface area contributed by atoms with Crippen LogP contribution in [0.25, 0.3) is 0 Å². The molecule has 1 aromatic carbocycles. The van der Waals surface area contributed by atoms with Crippen molar-refractivity contribution in [2.75, 3.05) is 25.4 Å². The summed E-state index contributed by atoms with van der Waals surface area (Å²) in [6, 6.07) is 7.83. The largest absolute Gasteiger partial charge is 0.315 e. The second-order valence-electron chi connectivity index (χ2n) is 7.09. The predicted octanol–water partition coefficient (Wildman–Crippen LogP) is 2.10. The van der Waals surface area contributed by atoms with Gasteiger partial charge in [0.05, 0.1) is 10.6 Å². The summed E-state index contributed by atoms with van der Waals surface area (Å²) >= 11 is 0. The lowest BCUT2D eigenvalue weighted by Gasteiger charge is -2.19. The summed E-state index contributed by atoms with van der Waals surface area (Å²) in [5.74, 6) is 0.203. The molecule has 1 saturated heterocycles. The van der Waals surface area contributed by atoms with Crippen LogP contribution in [0.1, 0.15) is 39.2 Å². The lowest BCUT2D eigenvalue weighted by Crippen LogP contribution is -2.32. The van der Waals surface area contributed by atoms with Crippen molar-refractivity contribution >= 4 is 9.84 Å². The molecular formula is C17H28N2O2S. The molecule has 1 aliphatic rings. The molecule has 0 spiro atoms. The molecule has 4 nitrogen and oxygen atoms in total. The molecule has 1 heterocycles. The van der Waals surface area contributed by atoms with Gasteiger partial charge in [-0.3, -0.25) is 0 Å². The monoisotopic (exact) mass is 324 g/mol. The molecule has 2 rings (SSSR count). The molecule has 22 heavy (non-hydrogen) atoms. The lowest BCUT2D eigenvalue weighted by atomic mass is 9.87. The van der Waals surface area contributed by atoms with Crippen molar-refractivity contribution in [3.05, 3.63) is 29.8 Å². The highest BCUT2D eigenvalue weighted by Gasteiger charge is 2.18. The van der Waals surface area contributed by atoms with E-state index in [1.54, 1.807) is 12.1 Å². The highest BCUT2D eigenvalue weighted by Crippen LogP contribution is 2.23. The quantitative estimate of drug-likeness (QED) is 0.787. The van der Waals surface area contributed by atoms with Crippen LogP contribution in [0.4, 0.5) is 0 Å². The van der Waals surface area contributed by atoms with Gasteiger partial charge in [0.25, 0.3) is 0 Å². The Morgan fingerprint density at radius 1 is 1.23 bits per heavy atom.